The molecular weight excluding hydrogens is 326 g/mol. The predicted molar refractivity (Wildman–Crippen MR) is 83.7 cm³/mol. The summed E-state index contributed by atoms with van der Waals surface area (Å²) >= 11 is 5.26. The summed E-state index contributed by atoms with van der Waals surface area (Å²) in [5.41, 5.74) is 0.365. The van der Waals surface area contributed by atoms with Gasteiger partial charge in [0.25, 0.3) is 0 Å². The maximum atomic E-state index is 12.3. The number of nitrogens with one attached hydrogen (secondary N) is 1. The van der Waals surface area contributed by atoms with E-state index in [-0.39, 0.29) is 5.97 Å². The Kier molecular flexibility index (Phi) is 5.16. The molecule has 1 heterocycles. The second-order valence-corrected chi connectivity index (χ2v) is 6.61. The van der Waals surface area contributed by atoms with E-state index in [0.29, 0.717) is 6.61 Å². The molecule has 0 amide bonds. The van der Waals surface area contributed by atoms with Gasteiger partial charge in [0.05, 0.1) is 6.61 Å². The Morgan fingerprint density at radius 1 is 1.58 bits per heavy atom. The standard InChI is InChI=1S/C14H18BrNO2S/c1-2-18-13(17)14(7-4-8-19-10-14)16-12-6-3-5-11(15)9-12/h3,5-6,9,16H,2,4,7-8,10H2,1H3. The van der Waals surface area contributed by atoms with Crippen molar-refractivity contribution in [3.63, 3.8) is 0 Å². The highest BCUT2D eigenvalue weighted by atomic mass is 79.9. The average Bonchev–Trinajstić information content (AvgIpc) is 2.40. The van der Waals surface area contributed by atoms with E-state index in [0.717, 1.165) is 34.5 Å². The molecule has 1 aliphatic rings. The molecule has 1 fully saturated rings. The largest absolute Gasteiger partial charge is 0.464 e. The minimum absolute atomic E-state index is 0.137. The van der Waals surface area contributed by atoms with E-state index in [1.54, 1.807) is 11.8 Å². The molecule has 0 radical (unpaired) electrons. The second kappa shape index (κ2) is 6.66. The minimum Gasteiger partial charge on any atom is -0.464 e. The number of benzene rings is 1. The summed E-state index contributed by atoms with van der Waals surface area (Å²) < 4.78 is 6.26. The molecule has 2 rings (SSSR count). The van der Waals surface area contributed by atoms with E-state index in [2.05, 4.69) is 21.2 Å². The predicted octanol–water partition coefficient (Wildman–Crippen LogP) is 3.69. The van der Waals surface area contributed by atoms with Gasteiger partial charge >= 0.3 is 5.97 Å². The molecule has 3 nitrogen and oxygen atoms in total. The highest BCUT2D eigenvalue weighted by Gasteiger charge is 2.41. The van der Waals surface area contributed by atoms with Gasteiger partial charge < -0.3 is 10.1 Å². The Morgan fingerprint density at radius 2 is 2.42 bits per heavy atom. The van der Waals surface area contributed by atoms with E-state index < -0.39 is 5.54 Å². The van der Waals surface area contributed by atoms with Crippen molar-refractivity contribution in [2.75, 3.05) is 23.4 Å². The average molecular weight is 344 g/mol. The topological polar surface area (TPSA) is 38.3 Å². The summed E-state index contributed by atoms with van der Waals surface area (Å²) in [5, 5.41) is 3.39. The highest BCUT2D eigenvalue weighted by molar-refractivity contribution is 9.10. The van der Waals surface area contributed by atoms with Gasteiger partial charge in [0.1, 0.15) is 5.54 Å². The van der Waals surface area contributed by atoms with Crippen molar-refractivity contribution in [3.05, 3.63) is 28.7 Å². The van der Waals surface area contributed by atoms with Gasteiger partial charge in [-0.3, -0.25) is 0 Å². The van der Waals surface area contributed by atoms with Crippen molar-refractivity contribution in [2.24, 2.45) is 0 Å². The lowest BCUT2D eigenvalue weighted by Gasteiger charge is -2.36. The van der Waals surface area contributed by atoms with E-state index in [1.165, 1.54) is 0 Å². The molecule has 5 heteroatoms. The molecule has 1 N–H and O–H groups in total. The minimum atomic E-state index is -0.584. The third kappa shape index (κ3) is 3.66. The fraction of sp³-hybridized carbons (Fsp3) is 0.500. The van der Waals surface area contributed by atoms with Gasteiger partial charge in [0, 0.05) is 15.9 Å². The number of rotatable bonds is 4. The van der Waals surface area contributed by atoms with Crippen LogP contribution in [0.3, 0.4) is 0 Å². The molecular formula is C14H18BrNO2S. The van der Waals surface area contributed by atoms with Gasteiger partial charge in [-0.1, -0.05) is 22.0 Å². The molecule has 0 aromatic heterocycles. The van der Waals surface area contributed by atoms with Gasteiger partial charge in [0.15, 0.2) is 0 Å². The van der Waals surface area contributed by atoms with Crippen LogP contribution in [0.5, 0.6) is 0 Å². The van der Waals surface area contributed by atoms with Gasteiger partial charge in [-0.15, -0.1) is 0 Å². The molecule has 19 heavy (non-hydrogen) atoms. The molecule has 0 aliphatic carbocycles. The van der Waals surface area contributed by atoms with Crippen LogP contribution in [0.1, 0.15) is 19.8 Å². The molecule has 1 aromatic carbocycles. The zero-order valence-corrected chi connectivity index (χ0v) is 13.4. The SMILES string of the molecule is CCOC(=O)C1(Nc2cccc(Br)c2)CCCSC1. The summed E-state index contributed by atoms with van der Waals surface area (Å²) in [5.74, 6) is 1.74. The number of hydrogen-bond acceptors (Lipinski definition) is 4. The van der Waals surface area contributed by atoms with Gasteiger partial charge in [-0.2, -0.15) is 11.8 Å². The monoisotopic (exact) mass is 343 g/mol. The summed E-state index contributed by atoms with van der Waals surface area (Å²) in [6.45, 7) is 2.27. The normalized spacial score (nSPS) is 22.8. The third-order valence-corrected chi connectivity index (χ3v) is 4.88. The van der Waals surface area contributed by atoms with E-state index in [4.69, 9.17) is 4.74 Å². The van der Waals surface area contributed by atoms with E-state index >= 15 is 0 Å². The molecule has 1 aromatic rings. The maximum absolute atomic E-state index is 12.3. The fourth-order valence-corrected chi connectivity index (χ4v) is 3.79. The molecule has 104 valence electrons. The highest BCUT2D eigenvalue weighted by Crippen LogP contribution is 2.32. The lowest BCUT2D eigenvalue weighted by atomic mass is 9.95. The molecule has 0 spiro atoms. The van der Waals surface area contributed by atoms with Crippen LogP contribution in [0.15, 0.2) is 28.7 Å². The van der Waals surface area contributed by atoms with Crippen molar-refractivity contribution in [2.45, 2.75) is 25.3 Å². The second-order valence-electron chi connectivity index (χ2n) is 4.59. The first-order valence-electron chi connectivity index (χ1n) is 6.45. The summed E-state index contributed by atoms with van der Waals surface area (Å²) in [4.78, 5) is 12.3. The molecule has 0 bridgehead atoms. The van der Waals surface area contributed by atoms with Gasteiger partial charge in [-0.25, -0.2) is 4.79 Å². The number of thioether (sulfide) groups is 1. The van der Waals surface area contributed by atoms with Crippen LogP contribution in [-0.4, -0.2) is 29.6 Å². The molecule has 1 saturated heterocycles. The van der Waals surface area contributed by atoms with Crippen LogP contribution in [0.2, 0.25) is 0 Å². The smallest absolute Gasteiger partial charge is 0.332 e. The van der Waals surface area contributed by atoms with E-state index in [9.17, 15) is 4.79 Å². The first-order valence-corrected chi connectivity index (χ1v) is 8.40. The lowest BCUT2D eigenvalue weighted by molar-refractivity contribution is -0.148. The molecule has 1 unspecified atom stereocenters. The molecule has 1 aliphatic heterocycles. The van der Waals surface area contributed by atoms with Crippen molar-refractivity contribution >= 4 is 39.3 Å². The van der Waals surface area contributed by atoms with Crippen molar-refractivity contribution in [1.29, 1.82) is 0 Å². The number of halogens is 1. The lowest BCUT2D eigenvalue weighted by Crippen LogP contribution is -2.51. The zero-order valence-electron chi connectivity index (χ0n) is 10.9. The Bertz CT molecular complexity index is 447. The Morgan fingerprint density at radius 3 is 3.05 bits per heavy atom. The van der Waals surface area contributed by atoms with Crippen LogP contribution in [0, 0.1) is 0 Å². The Labute approximate surface area is 126 Å². The third-order valence-electron chi connectivity index (χ3n) is 3.12. The molecule has 0 saturated carbocycles. The zero-order chi connectivity index (χ0) is 13.7. The summed E-state index contributed by atoms with van der Waals surface area (Å²) in [6, 6.07) is 7.89. The quantitative estimate of drug-likeness (QED) is 0.846. The number of carbonyl (C=O) groups is 1. The van der Waals surface area contributed by atoms with Crippen LogP contribution in [0.25, 0.3) is 0 Å². The fourth-order valence-electron chi connectivity index (χ4n) is 2.22. The first-order chi connectivity index (χ1) is 9.16. The van der Waals surface area contributed by atoms with Crippen LogP contribution in [0.4, 0.5) is 5.69 Å². The van der Waals surface area contributed by atoms with Crippen molar-refractivity contribution in [1.82, 2.24) is 0 Å². The Hall–Kier alpha value is -0.680. The van der Waals surface area contributed by atoms with E-state index in [1.807, 2.05) is 31.2 Å². The van der Waals surface area contributed by atoms with Crippen molar-refractivity contribution in [3.8, 4) is 0 Å². The summed E-state index contributed by atoms with van der Waals surface area (Å²) in [7, 11) is 0. The van der Waals surface area contributed by atoms with Crippen LogP contribution in [-0.2, 0) is 9.53 Å². The van der Waals surface area contributed by atoms with Gasteiger partial charge in [-0.05, 0) is 43.7 Å². The number of carbonyl (C=O) groups excluding carboxylic acids is 1. The van der Waals surface area contributed by atoms with Crippen molar-refractivity contribution < 1.29 is 9.53 Å². The van der Waals surface area contributed by atoms with Gasteiger partial charge in [0.2, 0.25) is 0 Å². The summed E-state index contributed by atoms with van der Waals surface area (Å²) in [6.07, 6.45) is 1.86. The number of ether oxygens (including phenoxy) is 1. The van der Waals surface area contributed by atoms with Crippen LogP contribution < -0.4 is 5.32 Å². The number of anilines is 1. The maximum Gasteiger partial charge on any atom is 0.332 e. The first kappa shape index (κ1) is 14.7. The Balaban J connectivity index is 2.20. The van der Waals surface area contributed by atoms with Crippen LogP contribution >= 0.6 is 27.7 Å². The molecule has 1 atom stereocenters. The number of hydrogen-bond donors (Lipinski definition) is 1. The number of esters is 1.